The van der Waals surface area contributed by atoms with Crippen LogP contribution in [0.4, 0.5) is 0 Å². The molecule has 0 spiro atoms. The van der Waals surface area contributed by atoms with E-state index in [9.17, 15) is 13.5 Å². The minimum atomic E-state index is -3.70. The number of aliphatic hydroxyl groups is 1. The summed E-state index contributed by atoms with van der Waals surface area (Å²) in [4.78, 5) is 0.178. The molecular formula is C19H23NO5S. The van der Waals surface area contributed by atoms with E-state index in [1.54, 1.807) is 37.4 Å². The predicted molar refractivity (Wildman–Crippen MR) is 98.1 cm³/mol. The lowest BCUT2D eigenvalue weighted by Crippen LogP contribution is -2.39. The Kier molecular flexibility index (Phi) is 4.96. The second-order valence-corrected chi connectivity index (χ2v) is 8.30. The van der Waals surface area contributed by atoms with Crippen LogP contribution in [0.2, 0.25) is 0 Å². The molecule has 0 heterocycles. The summed E-state index contributed by atoms with van der Waals surface area (Å²) in [7, 11) is -0.617. The Morgan fingerprint density at radius 1 is 1.12 bits per heavy atom. The third-order valence-electron chi connectivity index (χ3n) is 4.80. The highest BCUT2D eigenvalue weighted by Gasteiger charge is 2.38. The lowest BCUT2D eigenvalue weighted by molar-refractivity contribution is 0.0440. The molecule has 1 aliphatic rings. The van der Waals surface area contributed by atoms with Crippen molar-refractivity contribution in [1.82, 2.24) is 4.72 Å². The number of hydrogen-bond donors (Lipinski definition) is 2. The van der Waals surface area contributed by atoms with Gasteiger partial charge in [-0.2, -0.15) is 0 Å². The van der Waals surface area contributed by atoms with Gasteiger partial charge in [0.25, 0.3) is 0 Å². The maximum Gasteiger partial charge on any atom is 0.240 e. The van der Waals surface area contributed by atoms with Crippen molar-refractivity contribution in [3.05, 3.63) is 53.1 Å². The molecule has 0 saturated carbocycles. The van der Waals surface area contributed by atoms with Crippen molar-refractivity contribution in [3.8, 4) is 11.5 Å². The number of rotatable bonds is 6. The van der Waals surface area contributed by atoms with E-state index in [1.807, 2.05) is 13.0 Å². The van der Waals surface area contributed by atoms with Gasteiger partial charge in [0.05, 0.1) is 19.1 Å². The molecule has 3 rings (SSSR count). The average molecular weight is 377 g/mol. The van der Waals surface area contributed by atoms with Gasteiger partial charge in [-0.1, -0.05) is 17.7 Å². The average Bonchev–Trinajstić information content (AvgIpc) is 2.96. The van der Waals surface area contributed by atoms with E-state index in [0.29, 0.717) is 29.9 Å². The zero-order chi connectivity index (χ0) is 18.9. The van der Waals surface area contributed by atoms with Gasteiger partial charge >= 0.3 is 0 Å². The number of ether oxygens (including phenoxy) is 2. The first kappa shape index (κ1) is 18.7. The first-order chi connectivity index (χ1) is 12.3. The SMILES string of the molecule is COc1cc2c(cc1OC)C(O)(CNS(=O)(=O)c1ccc(C)cc1)CC2. The molecule has 0 fully saturated rings. The van der Waals surface area contributed by atoms with Gasteiger partial charge in [0.1, 0.15) is 5.60 Å². The van der Waals surface area contributed by atoms with E-state index < -0.39 is 15.6 Å². The van der Waals surface area contributed by atoms with Crippen molar-refractivity contribution in [2.45, 2.75) is 30.3 Å². The smallest absolute Gasteiger partial charge is 0.240 e. The van der Waals surface area contributed by atoms with E-state index >= 15 is 0 Å². The van der Waals surface area contributed by atoms with Crippen molar-refractivity contribution >= 4 is 10.0 Å². The number of methoxy groups -OCH3 is 2. The summed E-state index contributed by atoms with van der Waals surface area (Å²) in [6, 6.07) is 10.1. The Morgan fingerprint density at radius 3 is 2.35 bits per heavy atom. The Bertz CT molecular complexity index is 908. The molecule has 7 heteroatoms. The molecule has 0 aliphatic heterocycles. The predicted octanol–water partition coefficient (Wildman–Crippen LogP) is 2.12. The van der Waals surface area contributed by atoms with Gasteiger partial charge in [-0.05, 0) is 55.2 Å². The third-order valence-corrected chi connectivity index (χ3v) is 6.22. The maximum absolute atomic E-state index is 12.5. The highest BCUT2D eigenvalue weighted by molar-refractivity contribution is 7.89. The van der Waals surface area contributed by atoms with Gasteiger partial charge in [0.2, 0.25) is 10.0 Å². The lowest BCUT2D eigenvalue weighted by atomic mass is 9.96. The standard InChI is InChI=1S/C19H23NO5S/c1-13-4-6-15(7-5-13)26(22,23)20-12-19(21)9-8-14-10-17(24-2)18(25-3)11-16(14)19/h4-7,10-11,20-21H,8-9,12H2,1-3H3. The molecule has 140 valence electrons. The molecule has 26 heavy (non-hydrogen) atoms. The largest absolute Gasteiger partial charge is 0.493 e. The van der Waals surface area contributed by atoms with Crippen LogP contribution in [-0.4, -0.2) is 34.3 Å². The Balaban J connectivity index is 1.84. The molecule has 0 radical (unpaired) electrons. The summed E-state index contributed by atoms with van der Waals surface area (Å²) in [5.74, 6) is 1.10. The molecule has 1 unspecified atom stereocenters. The van der Waals surface area contributed by atoms with Gasteiger partial charge in [-0.3, -0.25) is 0 Å². The molecule has 2 aromatic rings. The van der Waals surface area contributed by atoms with Crippen LogP contribution in [0, 0.1) is 6.92 Å². The fraction of sp³-hybridized carbons (Fsp3) is 0.368. The van der Waals surface area contributed by atoms with Gasteiger partial charge in [-0.25, -0.2) is 13.1 Å². The summed E-state index contributed by atoms with van der Waals surface area (Å²) in [6.45, 7) is 1.79. The number of fused-ring (bicyclic) bond motifs is 1. The molecule has 0 saturated heterocycles. The summed E-state index contributed by atoms with van der Waals surface area (Å²) in [6.07, 6.45) is 1.06. The monoisotopic (exact) mass is 377 g/mol. The second-order valence-electron chi connectivity index (χ2n) is 6.53. The third kappa shape index (κ3) is 3.42. The summed E-state index contributed by atoms with van der Waals surface area (Å²) < 4.78 is 38.2. The first-order valence-electron chi connectivity index (χ1n) is 8.33. The van der Waals surface area contributed by atoms with E-state index in [-0.39, 0.29) is 11.4 Å². The molecule has 6 nitrogen and oxygen atoms in total. The second kappa shape index (κ2) is 6.90. The highest BCUT2D eigenvalue weighted by Crippen LogP contribution is 2.42. The van der Waals surface area contributed by atoms with Crippen LogP contribution in [0.15, 0.2) is 41.3 Å². The van der Waals surface area contributed by atoms with E-state index in [0.717, 1.165) is 11.1 Å². The fourth-order valence-electron chi connectivity index (χ4n) is 3.24. The van der Waals surface area contributed by atoms with Crippen LogP contribution in [-0.2, 0) is 22.0 Å². The van der Waals surface area contributed by atoms with Gasteiger partial charge < -0.3 is 14.6 Å². The first-order valence-corrected chi connectivity index (χ1v) is 9.81. The van der Waals surface area contributed by atoms with Crippen LogP contribution in [0.5, 0.6) is 11.5 Å². The zero-order valence-corrected chi connectivity index (χ0v) is 15.9. The number of benzene rings is 2. The fourth-order valence-corrected chi connectivity index (χ4v) is 4.33. The van der Waals surface area contributed by atoms with Crippen LogP contribution in [0.1, 0.15) is 23.1 Å². The molecule has 0 amide bonds. The molecule has 0 bridgehead atoms. The molecule has 1 aliphatic carbocycles. The van der Waals surface area contributed by atoms with Gasteiger partial charge in [0, 0.05) is 6.54 Å². The molecule has 2 aromatic carbocycles. The topological polar surface area (TPSA) is 84.9 Å². The molecular weight excluding hydrogens is 354 g/mol. The van der Waals surface area contributed by atoms with Crippen LogP contribution in [0.3, 0.4) is 0 Å². The number of sulfonamides is 1. The number of hydrogen-bond acceptors (Lipinski definition) is 5. The van der Waals surface area contributed by atoms with Crippen LogP contribution in [0.25, 0.3) is 0 Å². The number of nitrogens with one attached hydrogen (secondary N) is 1. The summed E-state index contributed by atoms with van der Waals surface area (Å²) in [5.41, 5.74) is 1.29. The van der Waals surface area contributed by atoms with Crippen molar-refractivity contribution in [1.29, 1.82) is 0 Å². The van der Waals surface area contributed by atoms with Crippen molar-refractivity contribution in [2.24, 2.45) is 0 Å². The zero-order valence-electron chi connectivity index (χ0n) is 15.1. The maximum atomic E-state index is 12.5. The van der Waals surface area contributed by atoms with Crippen molar-refractivity contribution in [3.63, 3.8) is 0 Å². The Labute approximate surface area is 153 Å². The molecule has 0 aromatic heterocycles. The van der Waals surface area contributed by atoms with Gasteiger partial charge in [0.15, 0.2) is 11.5 Å². The normalized spacial score (nSPS) is 19.2. The van der Waals surface area contributed by atoms with Crippen molar-refractivity contribution in [2.75, 3.05) is 20.8 Å². The lowest BCUT2D eigenvalue weighted by Gasteiger charge is -2.25. The van der Waals surface area contributed by atoms with E-state index in [2.05, 4.69) is 4.72 Å². The van der Waals surface area contributed by atoms with Crippen LogP contribution >= 0.6 is 0 Å². The highest BCUT2D eigenvalue weighted by atomic mass is 32.2. The summed E-state index contributed by atoms with van der Waals surface area (Å²) >= 11 is 0. The minimum absolute atomic E-state index is 0.105. The van der Waals surface area contributed by atoms with E-state index in [4.69, 9.17) is 9.47 Å². The van der Waals surface area contributed by atoms with Crippen molar-refractivity contribution < 1.29 is 23.0 Å². The minimum Gasteiger partial charge on any atom is -0.493 e. The Morgan fingerprint density at radius 2 is 1.73 bits per heavy atom. The molecule has 2 N–H and O–H groups in total. The Hall–Kier alpha value is -2.09. The number of aryl methyl sites for hydroxylation is 2. The van der Waals surface area contributed by atoms with Gasteiger partial charge in [-0.15, -0.1) is 0 Å². The quantitative estimate of drug-likeness (QED) is 0.806. The molecule has 1 atom stereocenters. The van der Waals surface area contributed by atoms with E-state index in [1.165, 1.54) is 7.11 Å². The summed E-state index contributed by atoms with van der Waals surface area (Å²) in [5, 5.41) is 11.1. The van der Waals surface area contributed by atoms with Crippen LogP contribution < -0.4 is 14.2 Å².